The molecule has 1 atom stereocenters. The van der Waals surface area contributed by atoms with Crippen molar-refractivity contribution in [1.82, 2.24) is 0 Å². The van der Waals surface area contributed by atoms with E-state index in [-0.39, 0.29) is 12.7 Å². The van der Waals surface area contributed by atoms with Crippen LogP contribution < -0.4 is 0 Å². The molecule has 0 bridgehead atoms. The Morgan fingerprint density at radius 2 is 2.08 bits per heavy atom. The number of esters is 2. The normalized spacial score (nSPS) is 11.5. The molecule has 0 rings (SSSR count). The molecule has 0 saturated heterocycles. The van der Waals surface area contributed by atoms with Crippen molar-refractivity contribution in [1.29, 1.82) is 0 Å². The highest BCUT2D eigenvalue weighted by atomic mass is 16.6. The second kappa shape index (κ2) is 6.22. The van der Waals surface area contributed by atoms with Gasteiger partial charge in [-0.2, -0.15) is 0 Å². The lowest BCUT2D eigenvalue weighted by molar-refractivity contribution is -0.170. The lowest BCUT2D eigenvalue weighted by atomic mass is 10.3. The van der Waals surface area contributed by atoms with E-state index in [0.29, 0.717) is 6.42 Å². The fourth-order valence-electron chi connectivity index (χ4n) is 0.704. The van der Waals surface area contributed by atoms with Crippen molar-refractivity contribution < 1.29 is 19.1 Å². The predicted molar refractivity (Wildman–Crippen MR) is 47.0 cm³/mol. The van der Waals surface area contributed by atoms with Crippen LogP contribution in [-0.4, -0.2) is 24.6 Å². The minimum absolute atomic E-state index is 0.170. The average molecular weight is 186 g/mol. The summed E-state index contributed by atoms with van der Waals surface area (Å²) < 4.78 is 9.16. The second-order valence-electron chi connectivity index (χ2n) is 2.46. The van der Waals surface area contributed by atoms with Gasteiger partial charge in [-0.3, -0.25) is 0 Å². The number of rotatable bonds is 4. The van der Waals surface area contributed by atoms with Gasteiger partial charge in [-0.1, -0.05) is 6.08 Å². The summed E-state index contributed by atoms with van der Waals surface area (Å²) in [6, 6.07) is 0. The lowest BCUT2D eigenvalue weighted by Gasteiger charge is -2.09. The van der Waals surface area contributed by atoms with Crippen LogP contribution in [0.15, 0.2) is 12.7 Å². The summed E-state index contributed by atoms with van der Waals surface area (Å²) in [7, 11) is 0. The molecule has 74 valence electrons. The Balaban J connectivity index is 3.84. The van der Waals surface area contributed by atoms with E-state index in [1.54, 1.807) is 19.9 Å². The zero-order chi connectivity index (χ0) is 10.3. The maximum Gasteiger partial charge on any atom is 0.417 e. The van der Waals surface area contributed by atoms with Crippen LogP contribution in [0.3, 0.4) is 0 Å². The second-order valence-corrected chi connectivity index (χ2v) is 2.46. The third-order valence-corrected chi connectivity index (χ3v) is 1.25. The molecule has 0 aromatic rings. The first kappa shape index (κ1) is 11.7. The smallest absolute Gasteiger partial charge is 0.417 e. The molecule has 13 heavy (non-hydrogen) atoms. The fraction of sp³-hybridized carbons (Fsp3) is 0.556. The molecule has 0 N–H and O–H groups in total. The van der Waals surface area contributed by atoms with Crippen LogP contribution in [0.5, 0.6) is 0 Å². The van der Waals surface area contributed by atoms with Crippen molar-refractivity contribution in [2.45, 2.75) is 26.4 Å². The topological polar surface area (TPSA) is 52.6 Å². The van der Waals surface area contributed by atoms with Crippen molar-refractivity contribution in [2.24, 2.45) is 0 Å². The number of carbonyl (C=O) groups is 2. The number of carbonyl (C=O) groups excluding carboxylic acids is 2. The van der Waals surface area contributed by atoms with Crippen LogP contribution >= 0.6 is 0 Å². The van der Waals surface area contributed by atoms with E-state index in [2.05, 4.69) is 11.3 Å². The Labute approximate surface area is 77.5 Å². The SMILES string of the molecule is C=CCC(C)OC(=O)C(=O)OCC. The molecule has 4 nitrogen and oxygen atoms in total. The molecule has 4 heteroatoms. The maximum atomic E-state index is 10.9. The lowest BCUT2D eigenvalue weighted by Crippen LogP contribution is -2.24. The molecule has 0 fully saturated rings. The van der Waals surface area contributed by atoms with E-state index in [0.717, 1.165) is 0 Å². The third kappa shape index (κ3) is 5.00. The van der Waals surface area contributed by atoms with Gasteiger partial charge in [-0.15, -0.1) is 6.58 Å². The largest absolute Gasteiger partial charge is 0.458 e. The molecule has 0 saturated carbocycles. The van der Waals surface area contributed by atoms with Crippen molar-refractivity contribution in [2.75, 3.05) is 6.61 Å². The molecule has 0 spiro atoms. The van der Waals surface area contributed by atoms with Crippen LogP contribution in [0, 0.1) is 0 Å². The van der Waals surface area contributed by atoms with Gasteiger partial charge in [-0.25, -0.2) is 9.59 Å². The molecule has 0 aromatic heterocycles. The predicted octanol–water partition coefficient (Wildman–Crippen LogP) is 1.06. The van der Waals surface area contributed by atoms with Crippen LogP contribution in [0.1, 0.15) is 20.3 Å². The van der Waals surface area contributed by atoms with Crippen molar-refractivity contribution in [3.8, 4) is 0 Å². The molecule has 0 radical (unpaired) electrons. The van der Waals surface area contributed by atoms with Crippen molar-refractivity contribution in [3.05, 3.63) is 12.7 Å². The van der Waals surface area contributed by atoms with E-state index in [1.165, 1.54) is 0 Å². The van der Waals surface area contributed by atoms with Gasteiger partial charge in [0.1, 0.15) is 6.10 Å². The highest BCUT2D eigenvalue weighted by Gasteiger charge is 2.18. The minimum Gasteiger partial charge on any atom is -0.458 e. The fourth-order valence-corrected chi connectivity index (χ4v) is 0.704. The van der Waals surface area contributed by atoms with Gasteiger partial charge in [0.05, 0.1) is 6.61 Å². The van der Waals surface area contributed by atoms with Crippen LogP contribution in [0.2, 0.25) is 0 Å². The van der Waals surface area contributed by atoms with Gasteiger partial charge in [0.2, 0.25) is 0 Å². The summed E-state index contributed by atoms with van der Waals surface area (Å²) in [5.74, 6) is -1.89. The van der Waals surface area contributed by atoms with E-state index in [9.17, 15) is 9.59 Å². The molecular formula is C9H14O4. The minimum atomic E-state index is -0.948. The molecule has 0 heterocycles. The summed E-state index contributed by atoms with van der Waals surface area (Å²) in [4.78, 5) is 21.6. The number of hydrogen-bond donors (Lipinski definition) is 0. The Kier molecular flexibility index (Phi) is 5.59. The van der Waals surface area contributed by atoms with Gasteiger partial charge < -0.3 is 9.47 Å². The molecule has 0 aromatic carbocycles. The zero-order valence-electron chi connectivity index (χ0n) is 7.91. The van der Waals surface area contributed by atoms with Gasteiger partial charge in [0.15, 0.2) is 0 Å². The Bertz CT molecular complexity index is 198. The Hall–Kier alpha value is -1.32. The number of ether oxygens (including phenoxy) is 2. The van der Waals surface area contributed by atoms with Crippen LogP contribution in [-0.2, 0) is 19.1 Å². The summed E-state index contributed by atoms with van der Waals surface area (Å²) in [6.07, 6.45) is 1.79. The first-order valence-electron chi connectivity index (χ1n) is 4.10. The maximum absolute atomic E-state index is 10.9. The molecule has 0 aliphatic heterocycles. The Morgan fingerprint density at radius 1 is 1.46 bits per heavy atom. The molecule has 1 unspecified atom stereocenters. The van der Waals surface area contributed by atoms with Gasteiger partial charge in [-0.05, 0) is 13.8 Å². The Morgan fingerprint density at radius 3 is 2.54 bits per heavy atom. The van der Waals surface area contributed by atoms with Crippen molar-refractivity contribution >= 4 is 11.9 Å². The van der Waals surface area contributed by atoms with Crippen molar-refractivity contribution in [3.63, 3.8) is 0 Å². The highest BCUT2D eigenvalue weighted by Crippen LogP contribution is 1.98. The summed E-state index contributed by atoms with van der Waals surface area (Å²) in [5, 5.41) is 0. The first-order chi connectivity index (χ1) is 6.11. The molecule has 0 aliphatic rings. The van der Waals surface area contributed by atoms with Crippen LogP contribution in [0.4, 0.5) is 0 Å². The van der Waals surface area contributed by atoms with Gasteiger partial charge >= 0.3 is 11.9 Å². The molecule has 0 aliphatic carbocycles. The standard InChI is InChI=1S/C9H14O4/c1-4-6-7(3)13-9(11)8(10)12-5-2/h4,7H,1,5-6H2,2-3H3. The van der Waals surface area contributed by atoms with Gasteiger partial charge in [0.25, 0.3) is 0 Å². The highest BCUT2D eigenvalue weighted by molar-refractivity contribution is 6.29. The summed E-state index contributed by atoms with van der Waals surface area (Å²) in [5.41, 5.74) is 0. The third-order valence-electron chi connectivity index (χ3n) is 1.25. The van der Waals surface area contributed by atoms with Gasteiger partial charge in [0, 0.05) is 6.42 Å². The molecular weight excluding hydrogens is 172 g/mol. The quantitative estimate of drug-likeness (QED) is 0.374. The zero-order valence-corrected chi connectivity index (χ0v) is 7.91. The monoisotopic (exact) mass is 186 g/mol. The summed E-state index contributed by atoms with van der Waals surface area (Å²) >= 11 is 0. The molecule has 0 amide bonds. The van der Waals surface area contributed by atoms with E-state index in [4.69, 9.17) is 4.74 Å². The first-order valence-corrected chi connectivity index (χ1v) is 4.10. The van der Waals surface area contributed by atoms with E-state index >= 15 is 0 Å². The summed E-state index contributed by atoms with van der Waals surface area (Å²) in [6.45, 7) is 6.95. The average Bonchev–Trinajstić information content (AvgIpc) is 2.05. The number of hydrogen-bond acceptors (Lipinski definition) is 4. The van der Waals surface area contributed by atoms with E-state index < -0.39 is 11.9 Å². The van der Waals surface area contributed by atoms with E-state index in [1.807, 2.05) is 0 Å². The van der Waals surface area contributed by atoms with Crippen LogP contribution in [0.25, 0.3) is 0 Å².